The van der Waals surface area contributed by atoms with Crippen molar-refractivity contribution in [2.75, 3.05) is 36.1 Å². The van der Waals surface area contributed by atoms with Crippen molar-refractivity contribution >= 4 is 35.3 Å². The Morgan fingerprint density at radius 2 is 1.37 bits per heavy atom. The highest BCUT2D eigenvalue weighted by Gasteiger charge is 2.51. The average molecular weight is 512 g/mol. The highest BCUT2D eigenvalue weighted by Crippen LogP contribution is 2.60. The van der Waals surface area contributed by atoms with E-state index >= 15 is 0 Å². The van der Waals surface area contributed by atoms with E-state index in [4.69, 9.17) is 4.74 Å². The molecule has 7 nitrogen and oxygen atoms in total. The zero-order valence-electron chi connectivity index (χ0n) is 21.5. The van der Waals surface area contributed by atoms with E-state index in [2.05, 4.69) is 22.3 Å². The number of amides is 4. The summed E-state index contributed by atoms with van der Waals surface area (Å²) in [5.41, 5.74) is 3.82. The molecule has 0 unspecified atom stereocenters. The lowest BCUT2D eigenvalue weighted by molar-refractivity contribution is -0.122. The van der Waals surface area contributed by atoms with Crippen LogP contribution in [-0.2, 0) is 19.7 Å². The third-order valence-corrected chi connectivity index (χ3v) is 9.46. The van der Waals surface area contributed by atoms with Crippen molar-refractivity contribution < 1.29 is 19.1 Å². The van der Waals surface area contributed by atoms with Crippen LogP contribution in [0.2, 0.25) is 0 Å². The number of barbiturate groups is 1. The lowest BCUT2D eigenvalue weighted by Crippen LogP contribution is -2.54. The molecule has 4 saturated carbocycles. The van der Waals surface area contributed by atoms with Crippen molar-refractivity contribution in [2.24, 2.45) is 17.8 Å². The normalized spacial score (nSPS) is 31.7. The van der Waals surface area contributed by atoms with E-state index in [-0.39, 0.29) is 11.0 Å². The molecule has 6 fully saturated rings. The number of ether oxygens (including phenoxy) is 1. The first-order valence-corrected chi connectivity index (χ1v) is 13.9. The smallest absolute Gasteiger partial charge is 0.335 e. The monoisotopic (exact) mass is 511 g/mol. The summed E-state index contributed by atoms with van der Waals surface area (Å²) in [6.45, 7) is 3.07. The first kappa shape index (κ1) is 23.7. The highest BCUT2D eigenvalue weighted by atomic mass is 16.5. The van der Waals surface area contributed by atoms with E-state index in [1.54, 1.807) is 6.08 Å². The lowest BCUT2D eigenvalue weighted by Gasteiger charge is -2.57. The molecule has 2 aromatic rings. The van der Waals surface area contributed by atoms with Gasteiger partial charge in [0.1, 0.15) is 5.57 Å². The van der Waals surface area contributed by atoms with Gasteiger partial charge in [-0.15, -0.1) is 0 Å². The van der Waals surface area contributed by atoms with E-state index in [1.165, 1.54) is 44.1 Å². The maximum atomic E-state index is 13.4. The summed E-state index contributed by atoms with van der Waals surface area (Å²) in [6.07, 6.45) is 9.49. The molecule has 6 aliphatic rings. The predicted octanol–water partition coefficient (Wildman–Crippen LogP) is 4.66. The van der Waals surface area contributed by atoms with Crippen LogP contribution in [0.4, 0.5) is 16.2 Å². The van der Waals surface area contributed by atoms with Crippen LogP contribution in [0.25, 0.3) is 6.08 Å². The number of carbonyl (C=O) groups excluding carboxylic acids is 3. The fraction of sp³-hybridized carbons (Fsp3) is 0.452. The molecule has 7 heteroatoms. The molecular formula is C31H33N3O4. The topological polar surface area (TPSA) is 79.0 Å². The fourth-order valence-corrected chi connectivity index (χ4v) is 8.09. The molecule has 2 aliphatic heterocycles. The molecule has 0 spiro atoms. The Morgan fingerprint density at radius 3 is 1.97 bits per heavy atom. The maximum absolute atomic E-state index is 13.4. The van der Waals surface area contributed by atoms with Gasteiger partial charge in [0.2, 0.25) is 0 Å². The standard InChI is InChI=1S/C31H33N3O4/c35-28-27(16-20-1-5-25(6-2-20)33-9-11-38-12-10-33)29(36)34(30(37)32-28)26-7-3-24(4-8-26)31-17-21-13-22(18-31)15-23(14-21)19-31/h1-8,16,21-23H,9-15,17-19H2,(H,32,35,37)/b27-16-. The van der Waals surface area contributed by atoms with Crippen molar-refractivity contribution in [1.29, 1.82) is 0 Å². The lowest BCUT2D eigenvalue weighted by atomic mass is 9.48. The van der Waals surface area contributed by atoms with Gasteiger partial charge in [0, 0.05) is 18.8 Å². The van der Waals surface area contributed by atoms with E-state index in [0.717, 1.165) is 47.0 Å². The van der Waals surface area contributed by atoms with E-state index in [9.17, 15) is 14.4 Å². The molecule has 4 bridgehead atoms. The Bertz CT molecular complexity index is 1270. The zero-order chi connectivity index (χ0) is 25.9. The van der Waals surface area contributed by atoms with Gasteiger partial charge >= 0.3 is 6.03 Å². The molecule has 1 N–H and O–H groups in total. The predicted molar refractivity (Wildman–Crippen MR) is 145 cm³/mol. The van der Waals surface area contributed by atoms with Gasteiger partial charge in [0.25, 0.3) is 11.8 Å². The van der Waals surface area contributed by atoms with Crippen molar-refractivity contribution in [1.82, 2.24) is 5.32 Å². The number of rotatable bonds is 4. The molecule has 0 aromatic heterocycles. The minimum Gasteiger partial charge on any atom is -0.378 e. The Labute approximate surface area is 222 Å². The second-order valence-corrected chi connectivity index (χ2v) is 11.9. The van der Waals surface area contributed by atoms with Crippen LogP contribution in [0.1, 0.15) is 49.7 Å². The number of hydrogen-bond acceptors (Lipinski definition) is 5. The average Bonchev–Trinajstić information content (AvgIpc) is 2.91. The van der Waals surface area contributed by atoms with E-state index in [1.807, 2.05) is 36.4 Å². The van der Waals surface area contributed by atoms with Gasteiger partial charge in [-0.2, -0.15) is 0 Å². The van der Waals surface area contributed by atoms with Crippen LogP contribution in [0.5, 0.6) is 0 Å². The van der Waals surface area contributed by atoms with Crippen molar-refractivity contribution in [3.05, 3.63) is 65.2 Å². The molecule has 0 atom stereocenters. The van der Waals surface area contributed by atoms with Crippen LogP contribution >= 0.6 is 0 Å². The van der Waals surface area contributed by atoms with Gasteiger partial charge in [-0.05, 0) is 103 Å². The van der Waals surface area contributed by atoms with Gasteiger partial charge in [-0.25, -0.2) is 9.69 Å². The fourth-order valence-electron chi connectivity index (χ4n) is 8.09. The third-order valence-electron chi connectivity index (χ3n) is 9.46. The summed E-state index contributed by atoms with van der Waals surface area (Å²) in [6, 6.07) is 15.0. The minimum atomic E-state index is -0.706. The van der Waals surface area contributed by atoms with Gasteiger partial charge < -0.3 is 9.64 Å². The third kappa shape index (κ3) is 4.04. The van der Waals surface area contributed by atoms with Crippen LogP contribution in [0, 0.1) is 17.8 Å². The molecule has 4 aliphatic carbocycles. The second kappa shape index (κ2) is 9.09. The second-order valence-electron chi connectivity index (χ2n) is 11.9. The minimum absolute atomic E-state index is 0.0473. The van der Waals surface area contributed by atoms with Gasteiger partial charge in [0.15, 0.2) is 0 Å². The molecule has 4 amide bonds. The first-order chi connectivity index (χ1) is 18.5. The Kier molecular flexibility index (Phi) is 5.65. The van der Waals surface area contributed by atoms with Gasteiger partial charge in [-0.3, -0.25) is 14.9 Å². The van der Waals surface area contributed by atoms with Crippen molar-refractivity contribution in [3.63, 3.8) is 0 Å². The maximum Gasteiger partial charge on any atom is 0.335 e. The van der Waals surface area contributed by atoms with Crippen LogP contribution in [0.3, 0.4) is 0 Å². The van der Waals surface area contributed by atoms with E-state index in [0.29, 0.717) is 18.9 Å². The summed E-state index contributed by atoms with van der Waals surface area (Å²) < 4.78 is 5.42. The number of imide groups is 2. The summed E-state index contributed by atoms with van der Waals surface area (Å²) in [5.74, 6) is 1.27. The number of nitrogens with zero attached hydrogens (tertiary/aromatic N) is 2. The van der Waals surface area contributed by atoms with Crippen molar-refractivity contribution in [3.8, 4) is 0 Å². The number of hydrogen-bond donors (Lipinski definition) is 1. The molecular weight excluding hydrogens is 478 g/mol. The molecule has 2 aromatic carbocycles. The zero-order valence-corrected chi connectivity index (χ0v) is 21.5. The quantitative estimate of drug-likeness (QED) is 0.477. The summed E-state index contributed by atoms with van der Waals surface area (Å²) in [4.78, 5) is 42.2. The molecule has 0 radical (unpaired) electrons. The van der Waals surface area contributed by atoms with Gasteiger partial charge in [0.05, 0.1) is 18.9 Å². The number of anilines is 2. The largest absolute Gasteiger partial charge is 0.378 e. The molecule has 38 heavy (non-hydrogen) atoms. The summed E-state index contributed by atoms with van der Waals surface area (Å²) >= 11 is 0. The van der Waals surface area contributed by atoms with E-state index < -0.39 is 17.8 Å². The summed E-state index contributed by atoms with van der Waals surface area (Å²) in [5, 5.41) is 2.35. The summed E-state index contributed by atoms with van der Waals surface area (Å²) in [7, 11) is 0. The molecule has 2 saturated heterocycles. The number of carbonyl (C=O) groups is 3. The van der Waals surface area contributed by atoms with Crippen LogP contribution in [-0.4, -0.2) is 44.1 Å². The Balaban J connectivity index is 1.12. The molecule has 2 heterocycles. The molecule has 196 valence electrons. The van der Waals surface area contributed by atoms with Crippen molar-refractivity contribution in [2.45, 2.75) is 43.9 Å². The van der Waals surface area contributed by atoms with Crippen LogP contribution < -0.4 is 15.1 Å². The number of nitrogens with one attached hydrogen (secondary N) is 1. The van der Waals surface area contributed by atoms with Gasteiger partial charge in [-0.1, -0.05) is 24.3 Å². The number of urea groups is 1. The Hall–Kier alpha value is -3.45. The first-order valence-electron chi connectivity index (χ1n) is 13.9. The Morgan fingerprint density at radius 1 is 0.789 bits per heavy atom. The van der Waals surface area contributed by atoms with Crippen LogP contribution in [0.15, 0.2) is 54.1 Å². The number of benzene rings is 2. The number of morpholine rings is 1. The SMILES string of the molecule is O=C1NC(=O)N(c2ccc(C34CC5CC(CC(C5)C3)C4)cc2)C(=O)/C1=C\c1ccc(N2CCOCC2)cc1. The highest BCUT2D eigenvalue weighted by molar-refractivity contribution is 6.39. The molecule has 8 rings (SSSR count).